The molecule has 6 N–H and O–H groups in total. The number of phosphoric acid groups is 1. The summed E-state index contributed by atoms with van der Waals surface area (Å²) in [6, 6.07) is 0. The summed E-state index contributed by atoms with van der Waals surface area (Å²) in [6.45, 7) is -5.55. The van der Waals surface area contributed by atoms with E-state index in [1.54, 1.807) is 6.20 Å². The number of ether oxygens (including phenoxy) is 3. The predicted octanol–water partition coefficient (Wildman–Crippen LogP) is -0.106. The number of hydrogen-bond acceptors (Lipinski definition) is 18. The van der Waals surface area contributed by atoms with Gasteiger partial charge in [-0.3, -0.25) is 36.8 Å². The highest BCUT2D eigenvalue weighted by Gasteiger charge is 2.54. The minimum atomic E-state index is -5.15. The number of hydrogen-bond donors (Lipinski definition) is 6. The van der Waals surface area contributed by atoms with Crippen molar-refractivity contribution >= 4 is 60.8 Å². The molecule has 3 fully saturated rings. The van der Waals surface area contributed by atoms with Gasteiger partial charge in [-0.25, -0.2) is 33.5 Å². The van der Waals surface area contributed by atoms with Crippen LogP contribution in [0.2, 0.25) is 0 Å². The van der Waals surface area contributed by atoms with Gasteiger partial charge in [0.2, 0.25) is 5.91 Å². The number of alkyl halides is 1. The Bertz CT molecular complexity index is 2280. The molecule has 0 spiro atoms. The van der Waals surface area contributed by atoms with Crippen LogP contribution in [0.15, 0.2) is 30.0 Å². The number of nitrogens with one attached hydrogen (secondary N) is 2. The maximum atomic E-state index is 16.4. The lowest BCUT2D eigenvalue weighted by atomic mass is 10.1. The molecule has 4 aromatic heterocycles. The first kappa shape index (κ1) is 39.4. The van der Waals surface area contributed by atoms with Crippen molar-refractivity contribution in [3.63, 3.8) is 0 Å². The summed E-state index contributed by atoms with van der Waals surface area (Å²) in [5.74, 6) is 0.159. The second kappa shape index (κ2) is 15.7. The molecule has 56 heavy (non-hydrogen) atoms. The first-order valence-corrected chi connectivity index (χ1v) is 21.5. The number of fused-ring (bicyclic) bond motifs is 4. The van der Waals surface area contributed by atoms with Crippen molar-refractivity contribution in [3.05, 3.63) is 41.1 Å². The van der Waals surface area contributed by atoms with Gasteiger partial charge >= 0.3 is 14.6 Å². The molecule has 2 bridgehead atoms. The lowest BCUT2D eigenvalue weighted by Crippen LogP contribution is -2.35. The van der Waals surface area contributed by atoms with Crippen molar-refractivity contribution in [2.24, 2.45) is 5.73 Å². The van der Waals surface area contributed by atoms with Crippen LogP contribution < -0.4 is 21.9 Å². The minimum absolute atomic E-state index is 0.0234. The molecule has 8 heterocycles. The summed E-state index contributed by atoms with van der Waals surface area (Å²) in [7, 11) is -5.15. The normalized spacial score (nSPS) is 33.6. The van der Waals surface area contributed by atoms with E-state index in [-0.39, 0.29) is 37.6 Å². The summed E-state index contributed by atoms with van der Waals surface area (Å²) in [5, 5.41) is 17.6. The van der Waals surface area contributed by atoms with E-state index in [1.807, 2.05) is 0 Å². The molecular formula is C29H37FN10O13P2S. The number of phosphoric ester groups is 1. The molecule has 1 amide bonds. The van der Waals surface area contributed by atoms with Gasteiger partial charge in [0.05, 0.1) is 44.6 Å². The third-order valence-electron chi connectivity index (χ3n) is 9.63. The molecule has 4 aliphatic heterocycles. The molecule has 0 aliphatic carbocycles. The smallest absolute Gasteiger partial charge is 0.387 e. The molecule has 0 saturated carbocycles. The highest BCUT2D eigenvalue weighted by molar-refractivity contribution is 8.44. The zero-order valence-corrected chi connectivity index (χ0v) is 31.8. The Hall–Kier alpha value is -3.42. The third-order valence-corrected chi connectivity index (χ3v) is 12.2. The van der Waals surface area contributed by atoms with Crippen molar-refractivity contribution in [1.82, 2.24) is 39.0 Å². The van der Waals surface area contributed by atoms with Crippen LogP contribution in [0.25, 0.3) is 22.2 Å². The Kier molecular flexibility index (Phi) is 11.1. The van der Waals surface area contributed by atoms with Gasteiger partial charge in [0.1, 0.15) is 61.4 Å². The van der Waals surface area contributed by atoms with Gasteiger partial charge in [0.15, 0.2) is 29.8 Å². The Balaban J connectivity index is 1.03. The van der Waals surface area contributed by atoms with Crippen molar-refractivity contribution < 1.29 is 60.6 Å². The quantitative estimate of drug-likeness (QED) is 0.0584. The maximum Gasteiger partial charge on any atom is 0.472 e. The number of thiol groups is 1. The van der Waals surface area contributed by atoms with Crippen LogP contribution in [0.4, 0.5) is 10.2 Å². The van der Waals surface area contributed by atoms with E-state index in [0.29, 0.717) is 29.8 Å². The maximum absolute atomic E-state index is 16.4. The second-order valence-corrected chi connectivity index (χ2v) is 17.5. The molecule has 304 valence electrons. The average molecular weight is 847 g/mol. The number of halogens is 1. The SMILES string of the molecule is NCC(=O)NCOCCn1cnc2c(ncn2[C@@H]2O[C@@H]3COP(=O)(S)O[C@H]4[C@@H](F)[C@H](n5cc6c7c(ncnc75)NCCC6)O[C@@H]4COP(=O)(O)O[C@@H]2[C@@H]3O)c1=O. The lowest BCUT2D eigenvalue weighted by molar-refractivity contribution is -0.121. The van der Waals surface area contributed by atoms with E-state index in [9.17, 15) is 28.7 Å². The molecule has 4 aromatic rings. The lowest BCUT2D eigenvalue weighted by Gasteiger charge is -2.25. The number of nitrogens with zero attached hydrogens (tertiary/aromatic N) is 7. The number of aliphatic hydroxyl groups is 1. The fourth-order valence-corrected chi connectivity index (χ4v) is 9.39. The Morgan fingerprint density at radius 3 is 2.70 bits per heavy atom. The third kappa shape index (κ3) is 7.64. The zero-order valence-electron chi connectivity index (χ0n) is 29.1. The number of anilines is 1. The van der Waals surface area contributed by atoms with E-state index >= 15 is 4.39 Å². The summed E-state index contributed by atoms with van der Waals surface area (Å²) < 4.78 is 86.6. The highest BCUT2D eigenvalue weighted by atomic mass is 32.7. The molecule has 0 radical (unpaired) electrons. The van der Waals surface area contributed by atoms with Crippen LogP contribution in [0.1, 0.15) is 24.4 Å². The molecule has 23 nitrogen and oxygen atoms in total. The van der Waals surface area contributed by atoms with Crippen molar-refractivity contribution in [2.75, 3.05) is 45.0 Å². The Morgan fingerprint density at radius 2 is 1.88 bits per heavy atom. The monoisotopic (exact) mass is 846 g/mol. The minimum Gasteiger partial charge on any atom is -0.387 e. The largest absolute Gasteiger partial charge is 0.472 e. The van der Waals surface area contributed by atoms with Gasteiger partial charge < -0.3 is 45.1 Å². The number of imidazole rings is 1. The number of rotatable bonds is 8. The van der Waals surface area contributed by atoms with Crippen molar-refractivity contribution in [1.29, 1.82) is 0 Å². The summed E-state index contributed by atoms with van der Waals surface area (Å²) in [5.41, 5.74) is 5.67. The van der Waals surface area contributed by atoms with E-state index in [2.05, 4.69) is 42.8 Å². The van der Waals surface area contributed by atoms with E-state index in [1.165, 1.54) is 26.4 Å². The van der Waals surface area contributed by atoms with E-state index in [4.69, 9.17) is 38.0 Å². The Morgan fingerprint density at radius 1 is 1.07 bits per heavy atom. The number of carbonyl (C=O) groups excluding carboxylic acids is 1. The molecule has 27 heteroatoms. The van der Waals surface area contributed by atoms with Crippen LogP contribution in [-0.4, -0.2) is 126 Å². The number of aromatic nitrogens is 7. The Labute approximate surface area is 320 Å². The first-order chi connectivity index (χ1) is 26.8. The van der Waals surface area contributed by atoms with E-state index < -0.39 is 88.4 Å². The zero-order chi connectivity index (χ0) is 39.4. The topological polar surface area (TPSA) is 290 Å². The van der Waals surface area contributed by atoms with Gasteiger partial charge in [-0.1, -0.05) is 12.2 Å². The molecule has 3 saturated heterocycles. The number of carbonyl (C=O) groups is 1. The van der Waals surface area contributed by atoms with Crippen molar-refractivity contribution in [2.45, 2.75) is 68.5 Å². The van der Waals surface area contributed by atoms with Crippen LogP contribution in [0.3, 0.4) is 0 Å². The second-order valence-electron chi connectivity index (χ2n) is 13.2. The fourth-order valence-electron chi connectivity index (χ4n) is 6.97. The van der Waals surface area contributed by atoms with Gasteiger partial charge in [-0.05, 0) is 18.4 Å². The standard InChI is InChI=1S/C29H37FN10O13P2S/c30-19-22-16(51-28(19)39-7-14-2-1-3-32-24-18(14)25(39)34-10-33-24)9-48-54(44,45)52-23-21(42)15(8-49-55(46,56)53-22)50-29(23)40-12-35-20-26(40)36-11-38(27(20)43)4-5-47-13-37-17(41)6-31/h7,10-12,15-16,19,21-23,28-29,42H,1-6,8-9,13,31H2,(H,37,41)(H,44,45)(H,46,56)(H,32,33,34)/t15-,16-,19-,21-,22-,23-,28-,29-,55?/m1/s1. The number of aryl methyl sites for hydroxylation is 1. The van der Waals surface area contributed by atoms with Crippen molar-refractivity contribution in [3.8, 4) is 0 Å². The van der Waals surface area contributed by atoms with Crippen LogP contribution in [0, 0.1) is 0 Å². The number of nitrogens with two attached hydrogens (primary N) is 1. The van der Waals surface area contributed by atoms with Crippen LogP contribution in [0.5, 0.6) is 0 Å². The van der Waals surface area contributed by atoms with Gasteiger partial charge in [-0.2, -0.15) is 0 Å². The van der Waals surface area contributed by atoms with E-state index in [0.717, 1.165) is 18.3 Å². The molecule has 8 rings (SSSR count). The number of amides is 1. The molecular weight excluding hydrogens is 809 g/mol. The van der Waals surface area contributed by atoms with Crippen LogP contribution >= 0.6 is 26.9 Å². The molecule has 2 unspecified atom stereocenters. The molecule has 10 atom stereocenters. The molecule has 0 aromatic carbocycles. The molecule has 4 aliphatic rings. The first-order valence-electron chi connectivity index (χ1n) is 17.3. The predicted molar refractivity (Wildman–Crippen MR) is 191 cm³/mol. The summed E-state index contributed by atoms with van der Waals surface area (Å²) in [4.78, 5) is 52.6. The highest BCUT2D eigenvalue weighted by Crippen LogP contribution is 2.58. The van der Waals surface area contributed by atoms with Gasteiger partial charge in [0, 0.05) is 12.7 Å². The average Bonchev–Trinajstić information content (AvgIpc) is 3.88. The summed E-state index contributed by atoms with van der Waals surface area (Å²) in [6.07, 6.45) is -6.10. The fraction of sp³-hybridized carbons (Fsp3) is 0.586. The summed E-state index contributed by atoms with van der Waals surface area (Å²) >= 11 is 4.06. The van der Waals surface area contributed by atoms with Crippen LogP contribution in [-0.2, 0) is 59.2 Å². The number of aliphatic hydroxyl groups excluding tert-OH is 1. The van der Waals surface area contributed by atoms with Gasteiger partial charge in [-0.15, -0.1) is 0 Å². The van der Waals surface area contributed by atoms with Gasteiger partial charge in [0.25, 0.3) is 5.56 Å².